The summed E-state index contributed by atoms with van der Waals surface area (Å²) in [5.41, 5.74) is 2.26. The Kier molecular flexibility index (Phi) is 4.26. The van der Waals surface area contributed by atoms with Crippen LogP contribution in [-0.4, -0.2) is 10.8 Å². The van der Waals surface area contributed by atoms with Crippen LogP contribution in [-0.2, 0) is 12.8 Å². The van der Waals surface area contributed by atoms with Crippen LogP contribution in [0.25, 0.3) is 0 Å². The summed E-state index contributed by atoms with van der Waals surface area (Å²) >= 11 is 1.52. The Balaban J connectivity index is 2.12. The van der Waals surface area contributed by atoms with E-state index in [2.05, 4.69) is 17.1 Å². The van der Waals surface area contributed by atoms with Crippen LogP contribution in [0.1, 0.15) is 39.3 Å². The molecule has 0 spiro atoms. The predicted octanol–water partition coefficient (Wildman–Crippen LogP) is 3.83. The number of ketones is 1. The van der Waals surface area contributed by atoms with Gasteiger partial charge in [-0.05, 0) is 25.3 Å². The van der Waals surface area contributed by atoms with E-state index >= 15 is 0 Å². The van der Waals surface area contributed by atoms with Gasteiger partial charge < -0.3 is 0 Å². The molecule has 0 aliphatic heterocycles. The second-order valence-corrected chi connectivity index (χ2v) is 5.47. The highest BCUT2D eigenvalue weighted by Gasteiger charge is 2.14. The highest BCUT2D eigenvalue weighted by molar-refractivity contribution is 7.13. The topological polar surface area (TPSA) is 30.0 Å². The normalized spacial score (nSPS) is 10.6. The minimum atomic E-state index is 0.212. The van der Waals surface area contributed by atoms with Gasteiger partial charge in [0.05, 0.1) is 15.6 Å². The molecule has 94 valence electrons. The average Bonchev–Trinajstić information content (AvgIpc) is 2.78. The van der Waals surface area contributed by atoms with Crippen LogP contribution in [0.2, 0.25) is 0 Å². The Bertz CT molecular complexity index is 531. The zero-order chi connectivity index (χ0) is 13.0. The number of hydrogen-bond donors (Lipinski definition) is 0. The van der Waals surface area contributed by atoms with Gasteiger partial charge in [-0.3, -0.25) is 4.79 Å². The van der Waals surface area contributed by atoms with Crippen molar-refractivity contribution >= 4 is 17.1 Å². The highest BCUT2D eigenvalue weighted by Crippen LogP contribution is 2.21. The largest absolute Gasteiger partial charge is 0.293 e. The van der Waals surface area contributed by atoms with E-state index in [4.69, 9.17) is 0 Å². The van der Waals surface area contributed by atoms with E-state index < -0.39 is 0 Å². The number of thiazole rings is 1. The molecule has 1 aromatic carbocycles. The molecular formula is C15H17NOS. The molecule has 1 heterocycles. The van der Waals surface area contributed by atoms with Crippen molar-refractivity contribution in [1.82, 2.24) is 4.98 Å². The van der Waals surface area contributed by atoms with Crippen LogP contribution in [0.3, 0.4) is 0 Å². The van der Waals surface area contributed by atoms with Crippen molar-refractivity contribution in [3.8, 4) is 0 Å². The Morgan fingerprint density at radius 1 is 1.22 bits per heavy atom. The molecule has 3 heteroatoms. The molecule has 2 nitrogen and oxygen atoms in total. The van der Waals surface area contributed by atoms with Crippen molar-refractivity contribution in [2.45, 2.75) is 33.1 Å². The van der Waals surface area contributed by atoms with Gasteiger partial charge in [0.15, 0.2) is 5.78 Å². The second-order valence-electron chi connectivity index (χ2n) is 4.27. The van der Waals surface area contributed by atoms with Gasteiger partial charge >= 0.3 is 0 Å². The number of aromatic nitrogens is 1. The number of benzene rings is 1. The molecule has 0 bridgehead atoms. The third kappa shape index (κ3) is 3.05. The number of carbonyl (C=O) groups excluding carboxylic acids is 1. The summed E-state index contributed by atoms with van der Waals surface area (Å²) in [5, 5.41) is 0.981. The first-order valence-electron chi connectivity index (χ1n) is 6.24. The number of rotatable bonds is 5. The molecule has 18 heavy (non-hydrogen) atoms. The Morgan fingerprint density at radius 3 is 2.61 bits per heavy atom. The van der Waals surface area contributed by atoms with Crippen LogP contribution in [0.15, 0.2) is 30.3 Å². The third-order valence-electron chi connectivity index (χ3n) is 2.87. The van der Waals surface area contributed by atoms with Crippen molar-refractivity contribution < 1.29 is 4.79 Å². The third-order valence-corrected chi connectivity index (χ3v) is 3.93. The van der Waals surface area contributed by atoms with Gasteiger partial charge in [-0.25, -0.2) is 4.98 Å². The van der Waals surface area contributed by atoms with Gasteiger partial charge in [-0.1, -0.05) is 37.3 Å². The first-order chi connectivity index (χ1) is 8.70. The molecule has 0 aliphatic rings. The van der Waals surface area contributed by atoms with Crippen LogP contribution >= 0.6 is 11.3 Å². The van der Waals surface area contributed by atoms with Crippen LogP contribution in [0.4, 0.5) is 0 Å². The molecule has 2 aromatic rings. The summed E-state index contributed by atoms with van der Waals surface area (Å²) in [6.45, 7) is 3.86. The molecule has 0 fully saturated rings. The first kappa shape index (κ1) is 13.0. The van der Waals surface area contributed by atoms with Crippen molar-refractivity contribution in [3.05, 3.63) is 51.5 Å². The van der Waals surface area contributed by atoms with Gasteiger partial charge in [0.25, 0.3) is 0 Å². The Labute approximate surface area is 112 Å². The summed E-state index contributed by atoms with van der Waals surface area (Å²) in [4.78, 5) is 17.2. The molecule has 0 saturated carbocycles. The average molecular weight is 259 g/mol. The van der Waals surface area contributed by atoms with Crippen LogP contribution in [0.5, 0.6) is 0 Å². The highest BCUT2D eigenvalue weighted by atomic mass is 32.1. The standard InChI is InChI=1S/C15H17NOS/c1-3-14(17)15-13(16-11(2)18-15)10-9-12-7-5-4-6-8-12/h4-8H,3,9-10H2,1-2H3. The molecule has 0 atom stereocenters. The molecule has 0 saturated heterocycles. The molecule has 0 radical (unpaired) electrons. The summed E-state index contributed by atoms with van der Waals surface area (Å²) in [6.07, 6.45) is 2.34. The number of hydrogen-bond acceptors (Lipinski definition) is 3. The van der Waals surface area contributed by atoms with E-state index in [0.29, 0.717) is 6.42 Å². The maximum atomic E-state index is 11.8. The second kappa shape index (κ2) is 5.91. The lowest BCUT2D eigenvalue weighted by Crippen LogP contribution is -2.01. The summed E-state index contributed by atoms with van der Waals surface area (Å²) in [6, 6.07) is 10.3. The maximum absolute atomic E-state index is 11.8. The number of carbonyl (C=O) groups is 1. The van der Waals surface area contributed by atoms with Crippen molar-refractivity contribution in [3.63, 3.8) is 0 Å². The molecule has 0 N–H and O–H groups in total. The monoisotopic (exact) mass is 259 g/mol. The number of Topliss-reactive ketones (excluding diaryl/α,β-unsaturated/α-hetero) is 1. The van der Waals surface area contributed by atoms with Crippen molar-refractivity contribution in [2.24, 2.45) is 0 Å². The summed E-state index contributed by atoms with van der Waals surface area (Å²) in [7, 11) is 0. The smallest absolute Gasteiger partial charge is 0.174 e. The fraction of sp³-hybridized carbons (Fsp3) is 0.333. The minimum Gasteiger partial charge on any atom is -0.293 e. The predicted molar refractivity (Wildman–Crippen MR) is 75.3 cm³/mol. The lowest BCUT2D eigenvalue weighted by atomic mass is 10.1. The maximum Gasteiger partial charge on any atom is 0.174 e. The van der Waals surface area contributed by atoms with Crippen molar-refractivity contribution in [2.75, 3.05) is 0 Å². The Morgan fingerprint density at radius 2 is 1.94 bits per heavy atom. The molecule has 0 amide bonds. The molecule has 0 unspecified atom stereocenters. The summed E-state index contributed by atoms with van der Waals surface area (Å²) in [5.74, 6) is 0.212. The fourth-order valence-corrected chi connectivity index (χ4v) is 2.90. The van der Waals surface area contributed by atoms with E-state index in [1.54, 1.807) is 0 Å². The molecule has 1 aromatic heterocycles. The first-order valence-corrected chi connectivity index (χ1v) is 7.05. The SMILES string of the molecule is CCC(=O)c1sc(C)nc1CCc1ccccc1. The minimum absolute atomic E-state index is 0.212. The quantitative estimate of drug-likeness (QED) is 0.764. The lowest BCUT2D eigenvalue weighted by molar-refractivity contribution is 0.0991. The van der Waals surface area contributed by atoms with Gasteiger partial charge in [0.2, 0.25) is 0 Å². The van der Waals surface area contributed by atoms with E-state index in [1.807, 2.05) is 32.0 Å². The fourth-order valence-electron chi connectivity index (χ4n) is 1.93. The van der Waals surface area contributed by atoms with Gasteiger partial charge in [-0.15, -0.1) is 11.3 Å². The van der Waals surface area contributed by atoms with Crippen molar-refractivity contribution in [1.29, 1.82) is 0 Å². The van der Waals surface area contributed by atoms with E-state index in [0.717, 1.165) is 28.4 Å². The van der Waals surface area contributed by atoms with Gasteiger partial charge in [0.1, 0.15) is 0 Å². The zero-order valence-corrected chi connectivity index (χ0v) is 11.6. The van der Waals surface area contributed by atoms with Gasteiger partial charge in [-0.2, -0.15) is 0 Å². The molecular weight excluding hydrogens is 242 g/mol. The Hall–Kier alpha value is -1.48. The van der Waals surface area contributed by atoms with Crippen LogP contribution < -0.4 is 0 Å². The zero-order valence-electron chi connectivity index (χ0n) is 10.8. The van der Waals surface area contributed by atoms with E-state index in [-0.39, 0.29) is 5.78 Å². The van der Waals surface area contributed by atoms with E-state index in [9.17, 15) is 4.79 Å². The van der Waals surface area contributed by atoms with Crippen LogP contribution in [0, 0.1) is 6.92 Å². The molecule has 2 rings (SSSR count). The summed E-state index contributed by atoms with van der Waals surface area (Å²) < 4.78 is 0. The van der Waals surface area contributed by atoms with E-state index in [1.165, 1.54) is 16.9 Å². The lowest BCUT2D eigenvalue weighted by Gasteiger charge is -2.01. The molecule has 0 aliphatic carbocycles. The number of aryl methyl sites for hydroxylation is 3. The van der Waals surface area contributed by atoms with Gasteiger partial charge in [0, 0.05) is 6.42 Å². The number of nitrogens with zero attached hydrogens (tertiary/aromatic N) is 1.